The second kappa shape index (κ2) is 5.94. The molecule has 2 aromatic rings. The smallest absolute Gasteiger partial charge is 0.197 e. The SMILES string of the molecule is C/C=C/C=C1\C(=O)c2cc(C)ccc2N=C1c1ccccc1. The minimum Gasteiger partial charge on any atom is -0.288 e. The number of Topliss-reactive ketones (excluding diaryl/α,β-unsaturated/α-hetero) is 1. The third kappa shape index (κ3) is 2.56. The highest BCUT2D eigenvalue weighted by molar-refractivity contribution is 6.36. The van der Waals surface area contributed by atoms with Crippen LogP contribution in [-0.2, 0) is 0 Å². The zero-order valence-corrected chi connectivity index (χ0v) is 12.7. The number of rotatable bonds is 2. The Balaban J connectivity index is 2.24. The standard InChI is InChI=1S/C20H17NO/c1-3-4-10-16-19(15-8-6-5-7-9-15)21-18-12-11-14(2)13-17(18)20(16)22/h3-13H,1-2H3/b4-3+,16-10-. The fourth-order valence-corrected chi connectivity index (χ4v) is 2.53. The Morgan fingerprint density at radius 1 is 1.05 bits per heavy atom. The minimum absolute atomic E-state index is 0.0330. The van der Waals surface area contributed by atoms with Crippen LogP contribution in [0.25, 0.3) is 0 Å². The molecule has 0 amide bonds. The van der Waals surface area contributed by atoms with E-state index in [0.29, 0.717) is 11.1 Å². The molecule has 0 radical (unpaired) electrons. The number of hydrogen-bond donors (Lipinski definition) is 0. The molecular formula is C20H17NO. The van der Waals surface area contributed by atoms with Crippen molar-refractivity contribution in [3.05, 3.63) is 89.0 Å². The number of carbonyl (C=O) groups excluding carboxylic acids is 1. The largest absolute Gasteiger partial charge is 0.288 e. The molecule has 3 rings (SSSR count). The van der Waals surface area contributed by atoms with Crippen LogP contribution in [0.2, 0.25) is 0 Å². The number of aliphatic imine (C=N–C) groups is 1. The number of carbonyl (C=O) groups is 1. The predicted octanol–water partition coefficient (Wildman–Crippen LogP) is 4.81. The number of ketones is 1. The van der Waals surface area contributed by atoms with Crippen LogP contribution in [-0.4, -0.2) is 11.5 Å². The fourth-order valence-electron chi connectivity index (χ4n) is 2.53. The molecule has 0 saturated carbocycles. The number of allylic oxidation sites excluding steroid dienone is 4. The van der Waals surface area contributed by atoms with Gasteiger partial charge < -0.3 is 0 Å². The highest BCUT2D eigenvalue weighted by Gasteiger charge is 2.26. The lowest BCUT2D eigenvalue weighted by molar-refractivity contribution is 0.104. The van der Waals surface area contributed by atoms with E-state index in [1.165, 1.54) is 0 Å². The van der Waals surface area contributed by atoms with Gasteiger partial charge in [-0.05, 0) is 32.1 Å². The Bertz CT molecular complexity index is 811. The lowest BCUT2D eigenvalue weighted by Gasteiger charge is -2.18. The van der Waals surface area contributed by atoms with E-state index in [2.05, 4.69) is 0 Å². The van der Waals surface area contributed by atoms with Gasteiger partial charge in [-0.1, -0.05) is 54.1 Å². The van der Waals surface area contributed by atoms with Gasteiger partial charge in [-0.25, -0.2) is 4.99 Å². The molecule has 0 aliphatic carbocycles. The van der Waals surface area contributed by atoms with Crippen molar-refractivity contribution in [2.45, 2.75) is 13.8 Å². The molecule has 1 aliphatic rings. The molecule has 1 heterocycles. The molecule has 0 bridgehead atoms. The van der Waals surface area contributed by atoms with Gasteiger partial charge in [0.15, 0.2) is 5.78 Å². The fraction of sp³-hybridized carbons (Fsp3) is 0.100. The second-order valence-electron chi connectivity index (χ2n) is 5.28. The van der Waals surface area contributed by atoms with Crippen LogP contribution < -0.4 is 0 Å². The Morgan fingerprint density at radius 3 is 2.55 bits per heavy atom. The third-order valence-corrected chi connectivity index (χ3v) is 3.63. The molecule has 1 aliphatic heterocycles. The monoisotopic (exact) mass is 287 g/mol. The average Bonchev–Trinajstić information content (AvgIpc) is 2.55. The summed E-state index contributed by atoms with van der Waals surface area (Å²) < 4.78 is 0. The number of nitrogens with zero attached hydrogens (tertiary/aromatic N) is 1. The van der Waals surface area contributed by atoms with E-state index in [1.54, 1.807) is 0 Å². The normalized spacial score (nSPS) is 16.0. The van der Waals surface area contributed by atoms with Crippen LogP contribution in [0, 0.1) is 6.92 Å². The summed E-state index contributed by atoms with van der Waals surface area (Å²) in [6, 6.07) is 15.6. The lowest BCUT2D eigenvalue weighted by atomic mass is 9.90. The average molecular weight is 287 g/mol. The number of benzene rings is 2. The topological polar surface area (TPSA) is 29.4 Å². The summed E-state index contributed by atoms with van der Waals surface area (Å²) in [5.41, 5.74) is 4.82. The first-order chi connectivity index (χ1) is 10.7. The summed E-state index contributed by atoms with van der Waals surface area (Å²) in [5, 5.41) is 0. The molecule has 2 aromatic carbocycles. The maximum atomic E-state index is 12.9. The van der Waals surface area contributed by atoms with Crippen LogP contribution >= 0.6 is 0 Å². The highest BCUT2D eigenvalue weighted by atomic mass is 16.1. The first-order valence-corrected chi connectivity index (χ1v) is 7.33. The van der Waals surface area contributed by atoms with Crippen LogP contribution in [0.4, 0.5) is 5.69 Å². The summed E-state index contributed by atoms with van der Waals surface area (Å²) in [6.45, 7) is 3.92. The van der Waals surface area contributed by atoms with Crippen molar-refractivity contribution < 1.29 is 4.79 Å². The maximum Gasteiger partial charge on any atom is 0.197 e. The zero-order valence-electron chi connectivity index (χ0n) is 12.7. The third-order valence-electron chi connectivity index (χ3n) is 3.63. The first-order valence-electron chi connectivity index (χ1n) is 7.33. The van der Waals surface area contributed by atoms with Gasteiger partial charge in [0, 0.05) is 16.7 Å². The number of aryl methyl sites for hydroxylation is 1. The van der Waals surface area contributed by atoms with Crippen molar-refractivity contribution in [3.8, 4) is 0 Å². The van der Waals surface area contributed by atoms with Crippen molar-refractivity contribution in [2.24, 2.45) is 4.99 Å². The molecule has 0 spiro atoms. The summed E-state index contributed by atoms with van der Waals surface area (Å²) in [5.74, 6) is 0.0330. The van der Waals surface area contributed by atoms with Gasteiger partial charge in [0.1, 0.15) is 0 Å². The first kappa shape index (κ1) is 14.2. The Kier molecular flexibility index (Phi) is 3.84. The second-order valence-corrected chi connectivity index (χ2v) is 5.28. The van der Waals surface area contributed by atoms with Gasteiger partial charge in [-0.3, -0.25) is 4.79 Å². The lowest BCUT2D eigenvalue weighted by Crippen LogP contribution is -2.18. The number of hydrogen-bond acceptors (Lipinski definition) is 2. The van der Waals surface area contributed by atoms with E-state index in [-0.39, 0.29) is 5.78 Å². The van der Waals surface area contributed by atoms with Crippen LogP contribution in [0.1, 0.15) is 28.4 Å². The summed E-state index contributed by atoms with van der Waals surface area (Å²) >= 11 is 0. The van der Waals surface area contributed by atoms with Gasteiger partial charge in [0.25, 0.3) is 0 Å². The van der Waals surface area contributed by atoms with Gasteiger partial charge >= 0.3 is 0 Å². The van der Waals surface area contributed by atoms with Crippen molar-refractivity contribution in [1.29, 1.82) is 0 Å². The zero-order chi connectivity index (χ0) is 15.5. The van der Waals surface area contributed by atoms with E-state index in [9.17, 15) is 4.79 Å². The minimum atomic E-state index is 0.0330. The Hall–Kier alpha value is -2.74. The van der Waals surface area contributed by atoms with Gasteiger partial charge in [0.2, 0.25) is 0 Å². The van der Waals surface area contributed by atoms with Crippen molar-refractivity contribution in [2.75, 3.05) is 0 Å². The molecule has 0 fully saturated rings. The van der Waals surface area contributed by atoms with Crippen molar-refractivity contribution >= 4 is 17.2 Å². The number of fused-ring (bicyclic) bond motifs is 1. The maximum absolute atomic E-state index is 12.9. The molecule has 0 N–H and O–H groups in total. The van der Waals surface area contributed by atoms with E-state index in [4.69, 9.17) is 4.99 Å². The van der Waals surface area contributed by atoms with Crippen molar-refractivity contribution in [1.82, 2.24) is 0 Å². The summed E-state index contributed by atoms with van der Waals surface area (Å²) in [4.78, 5) is 17.6. The van der Waals surface area contributed by atoms with Crippen LogP contribution in [0.15, 0.2) is 77.3 Å². The van der Waals surface area contributed by atoms with E-state index in [1.807, 2.05) is 80.6 Å². The molecule has 0 saturated heterocycles. The molecule has 22 heavy (non-hydrogen) atoms. The predicted molar refractivity (Wildman–Crippen MR) is 91.0 cm³/mol. The quantitative estimate of drug-likeness (QED) is 0.728. The molecule has 0 unspecified atom stereocenters. The van der Waals surface area contributed by atoms with E-state index in [0.717, 1.165) is 22.5 Å². The molecule has 2 nitrogen and oxygen atoms in total. The summed E-state index contributed by atoms with van der Waals surface area (Å²) in [6.07, 6.45) is 5.64. The van der Waals surface area contributed by atoms with Gasteiger partial charge in [-0.15, -0.1) is 0 Å². The molecule has 2 heteroatoms. The van der Waals surface area contributed by atoms with Gasteiger partial charge in [-0.2, -0.15) is 0 Å². The molecule has 0 aromatic heterocycles. The Morgan fingerprint density at radius 2 is 1.82 bits per heavy atom. The van der Waals surface area contributed by atoms with Crippen LogP contribution in [0.5, 0.6) is 0 Å². The van der Waals surface area contributed by atoms with E-state index >= 15 is 0 Å². The Labute approximate surface area is 130 Å². The van der Waals surface area contributed by atoms with Crippen molar-refractivity contribution in [3.63, 3.8) is 0 Å². The molecule has 0 atom stereocenters. The molecule has 108 valence electrons. The van der Waals surface area contributed by atoms with E-state index < -0.39 is 0 Å². The van der Waals surface area contributed by atoms with Gasteiger partial charge in [0.05, 0.1) is 11.4 Å². The van der Waals surface area contributed by atoms with Crippen LogP contribution in [0.3, 0.4) is 0 Å². The summed E-state index contributed by atoms with van der Waals surface area (Å²) in [7, 11) is 0. The molecular weight excluding hydrogens is 270 g/mol. The highest BCUT2D eigenvalue weighted by Crippen LogP contribution is 2.31.